The summed E-state index contributed by atoms with van der Waals surface area (Å²) in [5.41, 5.74) is 10.8. The standard InChI is InChI=1S/C37H61N11O20/c1-15(37(67)68)40-35(65)24-4-3-9-48(24)36(66)27(16(2)54)47-29(59)18(6-7-25(39)55)41-30(60)20(11-50)43-32(62)22(13-52)45-34(64)23(14-53)46-33(63)21(12-51)44-31(61)19(10-49)42-28(58)17(38)5-8-26(56)57/h15-24,27,49-54H,3-14,38H2,1-2H3,(H2,39,55)(H,40,65)(H,41,60)(H,42,58)(H,43,62)(H,44,61)(H,45,64)(H,46,63)(H,47,59)(H,56,57)(H,67,68)/t15-,16+,17-,18-,19-,20-,21-,22-,23-,24-,27-/m0/s1. The SMILES string of the molecule is C[C@H](NC(=O)[C@@H]1CCCN1C(=O)[C@@H](NC(=O)[C@H](CCC(N)=O)NC(=O)[C@H](CO)NC(=O)[C@H](CO)NC(=O)[C@H](CO)NC(=O)[C@H](CO)NC(=O)[C@H](CO)NC(=O)[C@@H](N)CCC(=O)O)[C@@H](C)O)C(=O)O. The number of nitrogens with zero attached hydrogens (tertiary/aromatic N) is 1. The smallest absolute Gasteiger partial charge is 0.325 e. The maximum atomic E-state index is 13.6. The number of carboxylic acids is 2. The van der Waals surface area contributed by atoms with Crippen LogP contribution in [0.4, 0.5) is 0 Å². The molecule has 1 heterocycles. The largest absolute Gasteiger partial charge is 0.481 e. The van der Waals surface area contributed by atoms with E-state index in [9.17, 15) is 88.2 Å². The molecule has 10 amide bonds. The maximum absolute atomic E-state index is 13.6. The third kappa shape index (κ3) is 18.9. The number of hydrogen-bond acceptors (Lipinski definition) is 19. The number of nitrogens with two attached hydrogens (primary N) is 2. The summed E-state index contributed by atoms with van der Waals surface area (Å²) in [6.07, 6.45) is -3.18. The average Bonchev–Trinajstić information content (AvgIpc) is 3.79. The van der Waals surface area contributed by atoms with E-state index in [1.54, 1.807) is 0 Å². The Kier molecular flexibility index (Phi) is 25.5. The lowest BCUT2D eigenvalue weighted by atomic mass is 10.1. The first-order valence-electron chi connectivity index (χ1n) is 20.8. The minimum absolute atomic E-state index is 0.0284. The van der Waals surface area contributed by atoms with Crippen molar-refractivity contribution >= 4 is 71.0 Å². The summed E-state index contributed by atoms with van der Waals surface area (Å²) < 4.78 is 0. The van der Waals surface area contributed by atoms with E-state index in [4.69, 9.17) is 21.7 Å². The van der Waals surface area contributed by atoms with E-state index >= 15 is 0 Å². The van der Waals surface area contributed by atoms with E-state index in [1.807, 2.05) is 26.6 Å². The maximum Gasteiger partial charge on any atom is 0.325 e. The first-order valence-corrected chi connectivity index (χ1v) is 20.8. The highest BCUT2D eigenvalue weighted by atomic mass is 16.4. The highest BCUT2D eigenvalue weighted by Crippen LogP contribution is 2.20. The van der Waals surface area contributed by atoms with Crippen molar-refractivity contribution in [2.24, 2.45) is 11.5 Å². The van der Waals surface area contributed by atoms with E-state index in [2.05, 4.69) is 16.0 Å². The number of carbonyl (C=O) groups excluding carboxylic acids is 10. The van der Waals surface area contributed by atoms with Gasteiger partial charge in [0, 0.05) is 19.4 Å². The summed E-state index contributed by atoms with van der Waals surface area (Å²) >= 11 is 0. The first-order chi connectivity index (χ1) is 31.9. The summed E-state index contributed by atoms with van der Waals surface area (Å²) in [7, 11) is 0. The van der Waals surface area contributed by atoms with Gasteiger partial charge in [-0.05, 0) is 39.5 Å². The van der Waals surface area contributed by atoms with Crippen molar-refractivity contribution in [3.8, 4) is 0 Å². The van der Waals surface area contributed by atoms with Gasteiger partial charge in [0.05, 0.1) is 45.2 Å². The predicted octanol–water partition coefficient (Wildman–Crippen LogP) is -11.2. The van der Waals surface area contributed by atoms with Gasteiger partial charge in [0.25, 0.3) is 0 Å². The van der Waals surface area contributed by atoms with Gasteiger partial charge in [0.1, 0.15) is 54.4 Å². The number of hydrogen-bond donors (Lipinski definition) is 18. The molecule has 20 N–H and O–H groups in total. The number of nitrogens with one attached hydrogen (secondary N) is 8. The van der Waals surface area contributed by atoms with Crippen LogP contribution in [0, 0.1) is 0 Å². The molecule has 0 unspecified atom stereocenters. The third-order valence-electron chi connectivity index (χ3n) is 10.0. The fraction of sp³-hybridized carbons (Fsp3) is 0.676. The molecule has 0 saturated carbocycles. The summed E-state index contributed by atoms with van der Waals surface area (Å²) in [6, 6.07) is -17.0. The fourth-order valence-electron chi connectivity index (χ4n) is 6.07. The Morgan fingerprint density at radius 3 is 1.29 bits per heavy atom. The van der Waals surface area contributed by atoms with Gasteiger partial charge >= 0.3 is 11.9 Å². The van der Waals surface area contributed by atoms with E-state index in [0.29, 0.717) is 6.42 Å². The molecule has 0 radical (unpaired) electrons. The molecule has 0 spiro atoms. The van der Waals surface area contributed by atoms with Gasteiger partial charge in [0.2, 0.25) is 59.1 Å². The fourth-order valence-corrected chi connectivity index (χ4v) is 6.07. The van der Waals surface area contributed by atoms with Crippen LogP contribution in [0.15, 0.2) is 0 Å². The van der Waals surface area contributed by atoms with Crippen LogP contribution in [0.1, 0.15) is 52.4 Å². The third-order valence-corrected chi connectivity index (χ3v) is 10.0. The number of carboxylic acid groups (broad SMARTS) is 2. The second-order valence-corrected chi connectivity index (χ2v) is 15.3. The molecule has 11 atom stereocenters. The Morgan fingerprint density at radius 1 is 0.559 bits per heavy atom. The summed E-state index contributed by atoms with van der Waals surface area (Å²) in [5.74, 6) is -14.3. The van der Waals surface area contributed by atoms with Crippen molar-refractivity contribution in [1.29, 1.82) is 0 Å². The van der Waals surface area contributed by atoms with Crippen molar-refractivity contribution in [2.75, 3.05) is 39.6 Å². The van der Waals surface area contributed by atoms with Crippen LogP contribution in [0.3, 0.4) is 0 Å². The molecule has 31 heteroatoms. The molecular weight excluding hydrogens is 918 g/mol. The number of aliphatic hydroxyl groups excluding tert-OH is 6. The zero-order valence-electron chi connectivity index (χ0n) is 36.9. The van der Waals surface area contributed by atoms with Gasteiger partial charge < -0.3 is 99.8 Å². The Bertz CT molecular complexity index is 1840. The van der Waals surface area contributed by atoms with Crippen LogP contribution in [0.2, 0.25) is 0 Å². The lowest BCUT2D eigenvalue weighted by molar-refractivity contribution is -0.146. The number of amides is 10. The molecule has 68 heavy (non-hydrogen) atoms. The molecule has 1 aliphatic heterocycles. The Morgan fingerprint density at radius 2 is 0.941 bits per heavy atom. The van der Waals surface area contributed by atoms with Crippen molar-refractivity contribution in [2.45, 2.75) is 119 Å². The monoisotopic (exact) mass is 979 g/mol. The van der Waals surface area contributed by atoms with Crippen LogP contribution >= 0.6 is 0 Å². The average molecular weight is 980 g/mol. The number of primary amides is 1. The highest BCUT2D eigenvalue weighted by molar-refractivity contribution is 5.99. The van der Waals surface area contributed by atoms with Crippen LogP contribution in [-0.2, 0) is 57.5 Å². The van der Waals surface area contributed by atoms with Crippen LogP contribution in [0.5, 0.6) is 0 Å². The molecule has 0 aromatic carbocycles. The lowest BCUT2D eigenvalue weighted by Crippen LogP contribution is -2.62. The molecule has 0 aromatic rings. The van der Waals surface area contributed by atoms with Gasteiger partial charge in [-0.25, -0.2) is 0 Å². The van der Waals surface area contributed by atoms with Crippen molar-refractivity contribution in [1.82, 2.24) is 47.4 Å². The lowest BCUT2D eigenvalue weighted by Gasteiger charge is -2.31. The Hall–Kier alpha value is -6.64. The molecule has 1 saturated heterocycles. The molecule has 1 rings (SSSR count). The van der Waals surface area contributed by atoms with Crippen LogP contribution in [-0.4, -0.2) is 223 Å². The quantitative estimate of drug-likeness (QED) is 0.0318. The molecule has 0 aliphatic carbocycles. The van der Waals surface area contributed by atoms with E-state index < -0.39 is 190 Å². The van der Waals surface area contributed by atoms with Gasteiger partial charge in [-0.3, -0.25) is 57.5 Å². The molecule has 1 fully saturated rings. The summed E-state index contributed by atoms with van der Waals surface area (Å²) in [6.45, 7) is -3.57. The number of rotatable bonds is 30. The molecular formula is C37H61N11O20. The van der Waals surface area contributed by atoms with Crippen LogP contribution < -0.4 is 54.0 Å². The van der Waals surface area contributed by atoms with Crippen molar-refractivity contribution < 1.29 is 98.4 Å². The topological polar surface area (TPSA) is 518 Å². The molecule has 31 nitrogen and oxygen atoms in total. The predicted molar refractivity (Wildman–Crippen MR) is 224 cm³/mol. The van der Waals surface area contributed by atoms with Gasteiger partial charge in [-0.1, -0.05) is 0 Å². The van der Waals surface area contributed by atoms with E-state index in [1.165, 1.54) is 6.92 Å². The van der Waals surface area contributed by atoms with E-state index in [0.717, 1.165) is 11.8 Å². The second kappa shape index (κ2) is 29.2. The second-order valence-electron chi connectivity index (χ2n) is 15.3. The number of aliphatic hydroxyl groups is 6. The first kappa shape index (κ1) is 59.4. The molecule has 1 aliphatic rings. The number of aliphatic carboxylic acids is 2. The normalized spacial score (nSPS) is 17.7. The minimum Gasteiger partial charge on any atom is -0.481 e. The summed E-state index contributed by atoms with van der Waals surface area (Å²) in [4.78, 5) is 152. The Labute approximate surface area is 386 Å². The van der Waals surface area contributed by atoms with Crippen molar-refractivity contribution in [3.05, 3.63) is 0 Å². The van der Waals surface area contributed by atoms with E-state index in [-0.39, 0.29) is 19.4 Å². The highest BCUT2D eigenvalue weighted by Gasteiger charge is 2.41. The number of carbonyl (C=O) groups is 12. The van der Waals surface area contributed by atoms with Gasteiger partial charge in [0.15, 0.2) is 0 Å². The Balaban J connectivity index is 3.08. The number of likely N-dealkylation sites (tertiary alicyclic amines) is 1. The van der Waals surface area contributed by atoms with Gasteiger partial charge in [-0.2, -0.15) is 0 Å². The van der Waals surface area contributed by atoms with Gasteiger partial charge in [-0.15, -0.1) is 0 Å². The molecule has 0 bridgehead atoms. The molecule has 0 aromatic heterocycles. The molecule has 384 valence electrons. The van der Waals surface area contributed by atoms with Crippen LogP contribution in [0.25, 0.3) is 0 Å². The zero-order valence-corrected chi connectivity index (χ0v) is 36.9. The minimum atomic E-state index is -1.99. The zero-order chi connectivity index (χ0) is 52.0. The van der Waals surface area contributed by atoms with Crippen molar-refractivity contribution in [3.63, 3.8) is 0 Å². The summed E-state index contributed by atoms with van der Waals surface area (Å²) in [5, 5.41) is 94.0.